The van der Waals surface area contributed by atoms with Crippen LogP contribution in [0.5, 0.6) is 0 Å². The molecular weight excluding hydrogens is 163 g/mol. The predicted molar refractivity (Wildman–Crippen MR) is 41.3 cm³/mol. The van der Waals surface area contributed by atoms with Gasteiger partial charge in [-0.1, -0.05) is 12.7 Å². The van der Waals surface area contributed by atoms with E-state index in [4.69, 9.17) is 4.55 Å². The largest absolute Gasteiger partial charge is 0.287 e. The number of hydrogen-bond acceptors (Lipinski definition) is 2. The molecule has 0 aliphatic heterocycles. The summed E-state index contributed by atoms with van der Waals surface area (Å²) in [6.07, 6.45) is 1.34. The van der Waals surface area contributed by atoms with Crippen molar-refractivity contribution in [2.75, 3.05) is 0 Å². The van der Waals surface area contributed by atoms with E-state index in [1.54, 1.807) is 0 Å². The Balaban J connectivity index is 0. The van der Waals surface area contributed by atoms with Crippen LogP contribution in [0.3, 0.4) is 0 Å². The van der Waals surface area contributed by atoms with Gasteiger partial charge in [0.15, 0.2) is 0 Å². The van der Waals surface area contributed by atoms with Crippen molar-refractivity contribution < 1.29 is 13.0 Å². The molecule has 0 saturated carbocycles. The number of hydrogen-bond donors (Lipinski definition) is 1. The van der Waals surface area contributed by atoms with Crippen LogP contribution in [-0.2, 0) is 10.1 Å². The molecule has 0 aliphatic carbocycles. The molecule has 0 saturated heterocycles. The van der Waals surface area contributed by atoms with E-state index in [1.807, 2.05) is 0 Å². The van der Waals surface area contributed by atoms with E-state index in [0.29, 0.717) is 5.57 Å². The zero-order valence-electron chi connectivity index (χ0n) is 6.03. The van der Waals surface area contributed by atoms with Crippen molar-refractivity contribution in [2.45, 2.75) is 6.92 Å². The van der Waals surface area contributed by atoms with Crippen molar-refractivity contribution in [3.8, 4) is 0 Å². The first-order valence-electron chi connectivity index (χ1n) is 2.24. The molecule has 0 atom stereocenters. The van der Waals surface area contributed by atoms with E-state index in [2.05, 4.69) is 6.58 Å². The van der Waals surface area contributed by atoms with Crippen LogP contribution >= 0.6 is 0 Å². The van der Waals surface area contributed by atoms with Crippen LogP contribution < -0.4 is 0 Å². The molecule has 5 heteroatoms. The minimum Gasteiger partial charge on any atom is -0.282 e. The van der Waals surface area contributed by atoms with Crippen LogP contribution in [0.1, 0.15) is 6.92 Å². The maximum Gasteiger partial charge on any atom is 0.287 e. The fraction of sp³-hybridized carbons (Fsp3) is 0.200. The Morgan fingerprint density at radius 3 is 2.10 bits per heavy atom. The second-order valence-corrected chi connectivity index (χ2v) is 2.85. The maximum atomic E-state index is 10.0. The molecule has 0 aromatic carbocycles. The number of rotatable bonds is 2. The summed E-state index contributed by atoms with van der Waals surface area (Å²) in [5.74, 6) is 0. The summed E-state index contributed by atoms with van der Waals surface area (Å²) in [5, 5.41) is 0.736. The minimum atomic E-state index is -3.97. The van der Waals surface area contributed by atoms with Crippen molar-refractivity contribution in [2.24, 2.45) is 0 Å². The van der Waals surface area contributed by atoms with Gasteiger partial charge in [-0.15, -0.1) is 0 Å². The summed E-state index contributed by atoms with van der Waals surface area (Å²) in [6.45, 7) is 4.83. The molecule has 0 fully saturated rings. The van der Waals surface area contributed by atoms with Gasteiger partial charge in [0.1, 0.15) is 0 Å². The molecule has 0 unspecified atom stereocenters. The summed E-state index contributed by atoms with van der Waals surface area (Å²) in [5.41, 5.74) is 0.414. The predicted octanol–water partition coefficient (Wildman–Crippen LogP) is 0.583. The van der Waals surface area contributed by atoms with Crippen molar-refractivity contribution in [1.29, 1.82) is 0 Å². The topological polar surface area (TPSA) is 54.4 Å². The van der Waals surface area contributed by atoms with Crippen LogP contribution in [0.4, 0.5) is 0 Å². The molecule has 0 aromatic heterocycles. The zero-order valence-corrected chi connectivity index (χ0v) is 8.85. The molecule has 0 heterocycles. The summed E-state index contributed by atoms with van der Waals surface area (Å²) in [4.78, 5) is 0. The van der Waals surface area contributed by atoms with Gasteiger partial charge in [0.05, 0.1) is 5.41 Å². The van der Waals surface area contributed by atoms with Crippen LogP contribution in [0.25, 0.3) is 0 Å². The first-order chi connectivity index (χ1) is 3.95. The summed E-state index contributed by atoms with van der Waals surface area (Å²) >= 11 is 0. The molecule has 0 aliphatic rings. The Morgan fingerprint density at radius 1 is 1.60 bits per heavy atom. The van der Waals surface area contributed by atoms with Crippen molar-refractivity contribution in [3.63, 3.8) is 0 Å². The maximum absolute atomic E-state index is 10.0. The average Bonchev–Trinajstić information content (AvgIpc) is 1.62. The molecule has 3 nitrogen and oxygen atoms in total. The molecular formula is C5H8NaO3S. The van der Waals surface area contributed by atoms with Gasteiger partial charge in [0.25, 0.3) is 10.1 Å². The van der Waals surface area contributed by atoms with Gasteiger partial charge in [-0.05, 0) is 12.5 Å². The molecule has 0 bridgehead atoms. The third-order valence-electron chi connectivity index (χ3n) is 0.657. The Kier molecular flexibility index (Phi) is 6.63. The second-order valence-electron chi connectivity index (χ2n) is 1.58. The molecule has 1 N–H and O–H groups in total. The molecule has 0 aromatic rings. The monoisotopic (exact) mass is 171 g/mol. The van der Waals surface area contributed by atoms with Gasteiger partial charge < -0.3 is 0 Å². The van der Waals surface area contributed by atoms with Gasteiger partial charge in [-0.2, -0.15) is 8.42 Å². The van der Waals surface area contributed by atoms with E-state index in [-0.39, 0.29) is 29.6 Å². The van der Waals surface area contributed by atoms with E-state index >= 15 is 0 Å². The van der Waals surface area contributed by atoms with E-state index in [9.17, 15) is 8.42 Å². The smallest absolute Gasteiger partial charge is 0.282 e. The zero-order chi connectivity index (χ0) is 7.49. The Hall–Kier alpha value is 0.390. The van der Waals surface area contributed by atoms with Gasteiger partial charge in [0, 0.05) is 29.6 Å². The fourth-order valence-electron chi connectivity index (χ4n) is 0.283. The number of allylic oxidation sites excluding steroid dienone is 2. The summed E-state index contributed by atoms with van der Waals surface area (Å²) < 4.78 is 28.2. The molecule has 1 radical (unpaired) electrons. The summed E-state index contributed by atoms with van der Waals surface area (Å²) in [6, 6.07) is 0. The molecule has 10 heavy (non-hydrogen) atoms. The quantitative estimate of drug-likeness (QED) is 0.375. The molecule has 53 valence electrons. The Bertz CT molecular complexity index is 227. The van der Waals surface area contributed by atoms with Crippen LogP contribution in [-0.4, -0.2) is 42.5 Å². The average molecular weight is 171 g/mol. The summed E-state index contributed by atoms with van der Waals surface area (Å²) in [7, 11) is -3.97. The van der Waals surface area contributed by atoms with Crippen LogP contribution in [0.2, 0.25) is 0 Å². The molecule has 0 rings (SSSR count). The van der Waals surface area contributed by atoms with E-state index in [1.165, 1.54) is 13.0 Å². The Labute approximate surface area is 82.9 Å². The van der Waals surface area contributed by atoms with E-state index in [0.717, 1.165) is 5.41 Å². The van der Waals surface area contributed by atoms with Crippen LogP contribution in [0.15, 0.2) is 23.6 Å². The standard InChI is InChI=1S/C5H8O3S.Na/c1-3-5(2)4-9(6,7)8;/h3-4H,1H2,2H3,(H,6,7,8);. The van der Waals surface area contributed by atoms with Gasteiger partial charge >= 0.3 is 0 Å². The normalized spacial score (nSPS) is 12.0. The molecule has 0 spiro atoms. The van der Waals surface area contributed by atoms with Gasteiger partial charge in [-0.3, -0.25) is 4.55 Å². The second kappa shape index (κ2) is 5.09. The SMILES string of the molecule is C=CC(C)=CS(=O)(=O)O.[Na]. The third kappa shape index (κ3) is 8.39. The van der Waals surface area contributed by atoms with Crippen LogP contribution in [0, 0.1) is 0 Å². The van der Waals surface area contributed by atoms with Gasteiger partial charge in [0.2, 0.25) is 0 Å². The van der Waals surface area contributed by atoms with Crippen molar-refractivity contribution in [3.05, 3.63) is 23.6 Å². The van der Waals surface area contributed by atoms with E-state index < -0.39 is 10.1 Å². The van der Waals surface area contributed by atoms with Crippen molar-refractivity contribution >= 4 is 39.7 Å². The minimum absolute atomic E-state index is 0. The third-order valence-corrected chi connectivity index (χ3v) is 1.33. The Morgan fingerprint density at radius 2 is 2.00 bits per heavy atom. The first-order valence-corrected chi connectivity index (χ1v) is 3.74. The van der Waals surface area contributed by atoms with Gasteiger partial charge in [-0.25, -0.2) is 0 Å². The first kappa shape index (κ1) is 13.0. The fourth-order valence-corrected chi connectivity index (χ4v) is 0.849. The molecule has 0 amide bonds. The van der Waals surface area contributed by atoms with Crippen molar-refractivity contribution in [1.82, 2.24) is 0 Å².